The summed E-state index contributed by atoms with van der Waals surface area (Å²) in [5.41, 5.74) is 6.42. The second kappa shape index (κ2) is 10.2. The first-order valence-corrected chi connectivity index (χ1v) is 11.8. The molecule has 0 aliphatic carbocycles. The number of aromatic amines is 1. The number of fused-ring (bicyclic) bond motifs is 1. The van der Waals surface area contributed by atoms with Gasteiger partial charge in [0, 0.05) is 16.8 Å². The summed E-state index contributed by atoms with van der Waals surface area (Å²) >= 11 is 6.06. The van der Waals surface area contributed by atoms with Crippen LogP contribution in [0, 0.1) is 0 Å². The van der Waals surface area contributed by atoms with Gasteiger partial charge in [0.05, 0.1) is 49.2 Å². The van der Waals surface area contributed by atoms with Gasteiger partial charge in [0.15, 0.2) is 11.5 Å². The molecule has 36 heavy (non-hydrogen) atoms. The summed E-state index contributed by atoms with van der Waals surface area (Å²) in [6.07, 6.45) is 1.78. The highest BCUT2D eigenvalue weighted by Gasteiger charge is 2.27. The Morgan fingerprint density at radius 2 is 1.28 bits per heavy atom. The van der Waals surface area contributed by atoms with Crippen molar-refractivity contribution in [3.8, 4) is 39.6 Å². The Bertz CT molecular complexity index is 1530. The molecule has 1 heterocycles. The molecule has 6 heteroatoms. The van der Waals surface area contributed by atoms with Gasteiger partial charge in [-0.15, -0.1) is 0 Å². The van der Waals surface area contributed by atoms with Crippen LogP contribution in [0.5, 0.6) is 17.2 Å². The van der Waals surface area contributed by atoms with Crippen LogP contribution in [0.25, 0.3) is 33.3 Å². The van der Waals surface area contributed by atoms with Crippen LogP contribution in [-0.2, 0) is 0 Å². The maximum atomic E-state index is 6.06. The monoisotopic (exact) mass is 496 g/mol. The van der Waals surface area contributed by atoms with E-state index in [9.17, 15) is 0 Å². The Kier molecular flexibility index (Phi) is 6.65. The maximum absolute atomic E-state index is 6.06. The summed E-state index contributed by atoms with van der Waals surface area (Å²) in [6.45, 7) is 0. The molecule has 0 aliphatic heterocycles. The average molecular weight is 497 g/mol. The molecule has 1 aromatic heterocycles. The van der Waals surface area contributed by atoms with Gasteiger partial charge in [-0.2, -0.15) is 0 Å². The van der Waals surface area contributed by atoms with Crippen molar-refractivity contribution in [1.82, 2.24) is 4.98 Å². The van der Waals surface area contributed by atoms with Crippen molar-refractivity contribution >= 4 is 34.4 Å². The van der Waals surface area contributed by atoms with Gasteiger partial charge in [0.25, 0.3) is 0 Å². The van der Waals surface area contributed by atoms with E-state index < -0.39 is 0 Å². The zero-order valence-electron chi connectivity index (χ0n) is 20.2. The van der Waals surface area contributed by atoms with Gasteiger partial charge in [-0.1, -0.05) is 72.3 Å². The summed E-state index contributed by atoms with van der Waals surface area (Å²) in [7, 11) is 4.86. The molecule has 0 spiro atoms. The summed E-state index contributed by atoms with van der Waals surface area (Å²) in [5, 5.41) is 1.54. The molecule has 0 amide bonds. The second-order valence-electron chi connectivity index (χ2n) is 8.11. The zero-order valence-corrected chi connectivity index (χ0v) is 21.0. The topological polar surface area (TPSA) is 55.8 Å². The number of benzene rings is 4. The van der Waals surface area contributed by atoms with Crippen LogP contribution in [0.2, 0.25) is 5.02 Å². The third-order valence-electron chi connectivity index (χ3n) is 6.06. The molecule has 1 N–H and O–H groups in total. The lowest BCUT2D eigenvalue weighted by atomic mass is 9.96. The number of aliphatic imine (C=N–C) groups is 1. The Morgan fingerprint density at radius 1 is 0.694 bits per heavy atom. The van der Waals surface area contributed by atoms with Gasteiger partial charge in [-0.25, -0.2) is 0 Å². The molecule has 0 aliphatic rings. The van der Waals surface area contributed by atoms with Crippen LogP contribution < -0.4 is 14.2 Å². The number of methoxy groups -OCH3 is 3. The highest BCUT2D eigenvalue weighted by Crippen LogP contribution is 2.51. The predicted molar refractivity (Wildman–Crippen MR) is 148 cm³/mol. The van der Waals surface area contributed by atoms with Crippen LogP contribution in [0.4, 0.5) is 5.69 Å². The van der Waals surface area contributed by atoms with E-state index >= 15 is 0 Å². The van der Waals surface area contributed by atoms with E-state index in [1.165, 1.54) is 0 Å². The van der Waals surface area contributed by atoms with Crippen molar-refractivity contribution in [3.05, 3.63) is 95.5 Å². The van der Waals surface area contributed by atoms with Crippen molar-refractivity contribution in [2.24, 2.45) is 4.99 Å². The third kappa shape index (κ3) is 4.18. The van der Waals surface area contributed by atoms with Crippen LogP contribution in [0.3, 0.4) is 0 Å². The summed E-state index contributed by atoms with van der Waals surface area (Å²) < 4.78 is 17.6. The van der Waals surface area contributed by atoms with Crippen molar-refractivity contribution < 1.29 is 14.2 Å². The lowest BCUT2D eigenvalue weighted by Crippen LogP contribution is -2.00. The van der Waals surface area contributed by atoms with Crippen molar-refractivity contribution in [1.29, 1.82) is 0 Å². The molecule has 0 fully saturated rings. The molecule has 5 rings (SSSR count). The van der Waals surface area contributed by atoms with Crippen LogP contribution >= 0.6 is 11.6 Å². The van der Waals surface area contributed by atoms with E-state index in [0.717, 1.165) is 44.5 Å². The summed E-state index contributed by atoms with van der Waals surface area (Å²) in [6, 6.07) is 27.8. The van der Waals surface area contributed by atoms with E-state index in [4.69, 9.17) is 30.8 Å². The number of hydrogen-bond donors (Lipinski definition) is 1. The number of nitrogens with one attached hydrogen (secondary N) is 1. The Balaban J connectivity index is 1.89. The number of rotatable bonds is 7. The lowest BCUT2D eigenvalue weighted by molar-refractivity contribution is 0.327. The van der Waals surface area contributed by atoms with Crippen LogP contribution in [-0.4, -0.2) is 32.5 Å². The standard InChI is InChI=1S/C30H25ClN2O3/c1-34-28-23(18-32-22-16-14-21(31)15-17-22)27-25(29(35-2)30(28)36-3)24(19-10-6-4-7-11-19)26(33-27)20-12-8-5-9-13-20/h4-18,33H,1-3H3. The number of aromatic nitrogens is 1. The first-order valence-electron chi connectivity index (χ1n) is 11.4. The van der Waals surface area contributed by atoms with Crippen molar-refractivity contribution in [3.63, 3.8) is 0 Å². The molecule has 0 saturated heterocycles. The smallest absolute Gasteiger partial charge is 0.204 e. The Labute approximate surface area is 214 Å². The molecule has 0 bridgehead atoms. The predicted octanol–water partition coefficient (Wildman–Crippen LogP) is 7.93. The maximum Gasteiger partial charge on any atom is 0.204 e. The quantitative estimate of drug-likeness (QED) is 0.233. The minimum atomic E-state index is 0.501. The number of ether oxygens (including phenoxy) is 3. The third-order valence-corrected chi connectivity index (χ3v) is 6.31. The number of H-pyrrole nitrogens is 1. The minimum Gasteiger partial charge on any atom is -0.492 e. The molecule has 5 aromatic rings. The molecule has 5 nitrogen and oxygen atoms in total. The zero-order chi connectivity index (χ0) is 25.1. The number of halogens is 1. The van der Waals surface area contributed by atoms with Crippen molar-refractivity contribution in [2.45, 2.75) is 0 Å². The molecule has 4 aromatic carbocycles. The highest BCUT2D eigenvalue weighted by molar-refractivity contribution is 6.30. The van der Waals surface area contributed by atoms with Crippen molar-refractivity contribution in [2.75, 3.05) is 21.3 Å². The Morgan fingerprint density at radius 3 is 1.86 bits per heavy atom. The Hall–Kier alpha value is -4.22. The summed E-state index contributed by atoms with van der Waals surface area (Å²) in [4.78, 5) is 8.38. The first-order chi connectivity index (χ1) is 17.7. The van der Waals surface area contributed by atoms with Gasteiger partial charge < -0.3 is 19.2 Å². The SMILES string of the molecule is COc1c(OC)c(OC)c2c(-c3ccccc3)c(-c3ccccc3)[nH]c2c1C=Nc1ccc(Cl)cc1. The fourth-order valence-corrected chi connectivity index (χ4v) is 4.59. The van der Waals surface area contributed by atoms with Gasteiger partial charge in [0.1, 0.15) is 0 Å². The van der Waals surface area contributed by atoms with Gasteiger partial charge in [0.2, 0.25) is 5.75 Å². The largest absolute Gasteiger partial charge is 0.492 e. The van der Waals surface area contributed by atoms with E-state index in [1.54, 1.807) is 27.5 Å². The molecule has 0 radical (unpaired) electrons. The van der Waals surface area contributed by atoms with Crippen LogP contribution in [0.15, 0.2) is 89.9 Å². The van der Waals surface area contributed by atoms with E-state index in [-0.39, 0.29) is 0 Å². The lowest BCUT2D eigenvalue weighted by Gasteiger charge is -2.17. The van der Waals surface area contributed by atoms with Crippen LogP contribution in [0.1, 0.15) is 5.56 Å². The summed E-state index contributed by atoms with van der Waals surface area (Å²) in [5.74, 6) is 1.62. The molecular weight excluding hydrogens is 472 g/mol. The fourth-order valence-electron chi connectivity index (χ4n) is 4.47. The number of hydrogen-bond acceptors (Lipinski definition) is 4. The molecular formula is C30H25ClN2O3. The highest BCUT2D eigenvalue weighted by atomic mass is 35.5. The molecule has 0 saturated carbocycles. The molecule has 180 valence electrons. The second-order valence-corrected chi connectivity index (χ2v) is 8.54. The first kappa shape index (κ1) is 23.5. The van der Waals surface area contributed by atoms with E-state index in [0.29, 0.717) is 22.3 Å². The minimum absolute atomic E-state index is 0.501. The van der Waals surface area contributed by atoms with E-state index in [1.807, 2.05) is 60.7 Å². The fraction of sp³-hybridized carbons (Fsp3) is 0.100. The average Bonchev–Trinajstić information content (AvgIpc) is 3.33. The molecule has 0 unspecified atom stereocenters. The normalized spacial score (nSPS) is 11.2. The molecule has 0 atom stereocenters. The van der Waals surface area contributed by atoms with Gasteiger partial charge in [-0.05, 0) is 35.4 Å². The van der Waals surface area contributed by atoms with Gasteiger partial charge in [-0.3, -0.25) is 4.99 Å². The van der Waals surface area contributed by atoms with Gasteiger partial charge >= 0.3 is 0 Å². The van der Waals surface area contributed by atoms with E-state index in [2.05, 4.69) is 29.2 Å². The number of nitrogens with zero attached hydrogens (tertiary/aromatic N) is 1.